The minimum atomic E-state index is -2.39. The van der Waals surface area contributed by atoms with E-state index in [2.05, 4.69) is 380 Å². The van der Waals surface area contributed by atoms with E-state index in [-0.39, 0.29) is 111 Å². The SMILES string of the molecule is C#Cc1ccc(C#C[C@H]2O[C@H](CO)[C@@H](O)[C@H](O)[C@@H]2O)cc1.CC(C)[Si](O[C@@H]1[C@H](C)[C@@H](C#Cc2ccc(C#C[C@H]3O[C@H](CO)[C@@H](C)[C@H](C)[C@@H]3O[Si](C(C)C)(C(C)C)C(C)C)cc2)O[C@H](CO)[C@H]1O[Si](C(C)C)(C(C)C)C(C)C)(C(C)C)C(C)C.CC(C)[Si](O[C@H]1[C@@H](C)[C@H](C)[C@@H](CO)O[C@@H]1C#C[Si](C)(C)C)(C(C)C)C(C)C.C[C@H]1O[C@H](CO)[C@@H](O)[C@H](O)[C@@H]1O.I.II.Ic1ccc(I)cc1. The van der Waals surface area contributed by atoms with Crippen molar-refractivity contribution in [2.75, 3.05) is 33.0 Å². The van der Waals surface area contributed by atoms with E-state index < -0.39 is 133 Å². The summed E-state index contributed by atoms with van der Waals surface area (Å²) < 4.78 is 62.4. The van der Waals surface area contributed by atoms with Crippen molar-refractivity contribution >= 4 is 148 Å². The van der Waals surface area contributed by atoms with Crippen molar-refractivity contribution in [3.63, 3.8) is 0 Å². The molecule has 3 aromatic rings. The van der Waals surface area contributed by atoms with Crippen LogP contribution in [0, 0.1) is 96.1 Å². The molecule has 133 heavy (non-hydrogen) atoms. The van der Waals surface area contributed by atoms with Crippen LogP contribution in [0.2, 0.25) is 86.1 Å². The Hall–Kier alpha value is -0.606. The number of hydrogen-bond donors (Lipinski definition) is 11. The van der Waals surface area contributed by atoms with Crippen molar-refractivity contribution in [1.29, 1.82) is 0 Å². The van der Waals surface area contributed by atoms with Gasteiger partial charge in [0.1, 0.15) is 87.4 Å². The Balaban J connectivity index is 0.000000680. The summed E-state index contributed by atoms with van der Waals surface area (Å²) in [5.41, 5.74) is 11.8. The zero-order chi connectivity index (χ0) is 101. The van der Waals surface area contributed by atoms with Crippen LogP contribution < -0.4 is 0 Å². The van der Waals surface area contributed by atoms with E-state index in [4.69, 9.17) is 58.0 Å². The number of aliphatic hydroxyl groups excluding tert-OH is 11. The van der Waals surface area contributed by atoms with Crippen LogP contribution in [0.3, 0.4) is 0 Å². The Labute approximate surface area is 876 Å². The minimum absolute atomic E-state index is 0. The van der Waals surface area contributed by atoms with Gasteiger partial charge in [-0.15, -0.1) is 35.9 Å². The van der Waals surface area contributed by atoms with Gasteiger partial charge in [-0.1, -0.05) is 268 Å². The maximum absolute atomic E-state index is 11.1. The van der Waals surface area contributed by atoms with Crippen LogP contribution in [0.1, 0.15) is 230 Å². The van der Waals surface area contributed by atoms with Gasteiger partial charge in [-0.05, 0) is 215 Å². The molecule has 5 aliphatic rings. The van der Waals surface area contributed by atoms with E-state index in [1.165, 1.54) is 7.14 Å². The molecule has 0 amide bonds. The molecule has 0 aliphatic carbocycles. The first-order chi connectivity index (χ1) is 61.5. The Morgan fingerprint density at radius 1 is 0.308 bits per heavy atom. The average Bonchev–Trinajstić information content (AvgIpc) is 0.758. The molecule has 0 bridgehead atoms. The second-order valence-corrected chi connectivity index (χ2v) is 70.4. The van der Waals surface area contributed by atoms with Gasteiger partial charge in [0.15, 0.2) is 0 Å². The highest BCUT2D eigenvalue weighted by Gasteiger charge is 2.58. The van der Waals surface area contributed by atoms with E-state index in [1.807, 2.05) is 24.3 Å². The Kier molecular flexibility index (Phi) is 57.7. The summed E-state index contributed by atoms with van der Waals surface area (Å²) in [7, 11) is -10.5. The normalized spacial score (nSPS) is 29.2. The lowest BCUT2D eigenvalue weighted by molar-refractivity contribution is -0.224. The fourth-order valence-corrected chi connectivity index (χ4v) is 44.6. The maximum atomic E-state index is 11.1. The molecule has 0 spiro atoms. The van der Waals surface area contributed by atoms with Gasteiger partial charge >= 0.3 is 0 Å². The van der Waals surface area contributed by atoms with Gasteiger partial charge in [0.05, 0.1) is 75.8 Å². The zero-order valence-electron chi connectivity index (χ0n) is 85.9. The third kappa shape index (κ3) is 34.0. The number of aliphatic hydroxyl groups is 11. The smallest absolute Gasteiger partial charge is 0.201 e. The van der Waals surface area contributed by atoms with Gasteiger partial charge in [-0.2, -0.15) is 0 Å². The lowest BCUT2D eigenvalue weighted by Crippen LogP contribution is -2.65. The highest BCUT2D eigenvalue weighted by molar-refractivity contribution is 15.0. The molecular formula is C103H171I5O20Si5. The molecule has 0 radical (unpaired) electrons. The molecular weight excluding hydrogens is 2330 g/mol. The summed E-state index contributed by atoms with van der Waals surface area (Å²) in [4.78, 5) is 0. The van der Waals surface area contributed by atoms with Crippen molar-refractivity contribution in [3.8, 4) is 59.3 Å². The van der Waals surface area contributed by atoms with Gasteiger partial charge in [-0.3, -0.25) is 0 Å². The number of ether oxygens (including phenoxy) is 5. The molecule has 0 aromatic heterocycles. The standard InChI is InChI=1S/C52H92O7Si3.C22H44O3Si2.C16H16O5.C7H14O5.C6H4I2.I2.HI/c1-32(2)60(33(3)4,34(5)6)57-50-42(20)41(19)48(30-53)56-47(50)29-27-45-24-22-44(23-25-45)26-28-46-43(21)51(58-61(35(7)8,36(9)10)37(11)12)52(49(31-54)55-46)59-62(38(13)14,39(15)16)40(17)18;1-15(2)27(16(3)4,17(5)6)25-22-19(8)18(7)21(14-23)24-20(22)12-13-26(9,10)11;1-2-10-3-5-11(6-4-10)7-8-12-14(18)16(20)15(19)13(9-17)21-12;1-3-5(9)7(11)6(10)4(2-8)12-3;7-5-1-2-6(8)4-3-5;1-2;/h22-25,32-43,46-54H,30-31H2,1-21H3;15-23H,14H2,1-11H3;1,3-6,12-20H,9H2;3-11H,2H2,1H3;1-4H;;1H/t41-,42-,43+,46+,47+,48+,49+,50-,51+,52+;18-,19-,20+,21+,22-;12-,13-,14-,15-,16-;3-,4-,5-,6-,7-;;;/m0011.../s1. The minimum Gasteiger partial charge on any atom is -0.410 e. The van der Waals surface area contributed by atoms with Crippen molar-refractivity contribution in [1.82, 2.24) is 0 Å². The number of terminal acetylenes is 1. The molecule has 20 nitrogen and oxygen atoms in total. The summed E-state index contributed by atoms with van der Waals surface area (Å²) >= 11 is 8.83. The summed E-state index contributed by atoms with van der Waals surface area (Å²) in [5, 5.41) is 106. The Morgan fingerprint density at radius 2 is 0.564 bits per heavy atom. The number of rotatable bonds is 25. The fourth-order valence-electron chi connectivity index (χ4n) is 20.8. The van der Waals surface area contributed by atoms with Gasteiger partial charge in [0, 0.05) is 72.5 Å². The van der Waals surface area contributed by atoms with Crippen LogP contribution >= 0.6 is 106 Å². The highest BCUT2D eigenvalue weighted by atomic mass is 128. The topological polar surface area (TPSA) is 306 Å². The van der Waals surface area contributed by atoms with Gasteiger partial charge in [-0.25, -0.2) is 0 Å². The quantitative estimate of drug-likeness (QED) is 0.0213. The molecule has 758 valence electrons. The molecule has 0 unspecified atom stereocenters. The molecule has 5 saturated heterocycles. The predicted molar refractivity (Wildman–Crippen MR) is 598 cm³/mol. The Morgan fingerprint density at radius 3 is 0.865 bits per heavy atom. The summed E-state index contributed by atoms with van der Waals surface area (Å²) in [5.74, 6) is 26.0. The summed E-state index contributed by atoms with van der Waals surface area (Å²) in [6, 6.07) is 23.4. The predicted octanol–water partition coefficient (Wildman–Crippen LogP) is 20.0. The molecule has 3 aromatic carbocycles. The summed E-state index contributed by atoms with van der Waals surface area (Å²) in [6.45, 7) is 74.0. The second-order valence-electron chi connectivity index (χ2n) is 41.6. The summed E-state index contributed by atoms with van der Waals surface area (Å²) in [6.07, 6.45) is -8.81. The largest absolute Gasteiger partial charge is 0.410 e. The lowest BCUT2D eigenvalue weighted by atomic mass is 9.81. The van der Waals surface area contributed by atoms with Crippen LogP contribution in [-0.2, 0) is 41.4 Å². The van der Waals surface area contributed by atoms with Crippen LogP contribution in [-0.4, -0.2) is 253 Å². The van der Waals surface area contributed by atoms with Crippen molar-refractivity contribution in [2.24, 2.45) is 29.6 Å². The average molecular weight is 2500 g/mol. The molecule has 25 atom stereocenters. The van der Waals surface area contributed by atoms with E-state index >= 15 is 0 Å². The second kappa shape index (κ2) is 59.7. The first-order valence-corrected chi connectivity index (χ1v) is 68.4. The van der Waals surface area contributed by atoms with Gasteiger partial charge in [0.25, 0.3) is 0 Å². The molecule has 5 fully saturated rings. The van der Waals surface area contributed by atoms with Crippen LogP contribution in [0.15, 0.2) is 72.8 Å². The monoisotopic (exact) mass is 2500 g/mol. The lowest BCUT2D eigenvalue weighted by Gasteiger charge is -2.54. The van der Waals surface area contributed by atoms with Crippen LogP contribution in [0.5, 0.6) is 0 Å². The molecule has 30 heteroatoms. The Bertz CT molecular complexity index is 4030. The molecule has 0 saturated carbocycles. The molecule has 8 rings (SSSR count). The van der Waals surface area contributed by atoms with Crippen LogP contribution in [0.25, 0.3) is 0 Å². The maximum Gasteiger partial charge on any atom is 0.201 e. The first kappa shape index (κ1) is 128. The van der Waals surface area contributed by atoms with Crippen molar-refractivity contribution in [2.45, 2.75) is 416 Å². The van der Waals surface area contributed by atoms with E-state index in [0.717, 1.165) is 16.7 Å². The van der Waals surface area contributed by atoms with Crippen molar-refractivity contribution < 1.29 is 97.6 Å². The number of benzene rings is 3. The molecule has 11 N–H and O–H groups in total. The van der Waals surface area contributed by atoms with Crippen LogP contribution in [0.4, 0.5) is 0 Å². The van der Waals surface area contributed by atoms with Gasteiger partial charge < -0.3 is 97.6 Å². The van der Waals surface area contributed by atoms with Crippen molar-refractivity contribution in [3.05, 3.63) is 102 Å². The number of hydrogen-bond acceptors (Lipinski definition) is 20. The zero-order valence-corrected chi connectivity index (χ0v) is 102. The molecule has 5 heterocycles. The highest BCUT2D eigenvalue weighted by Crippen LogP contribution is 2.52. The van der Waals surface area contributed by atoms with Gasteiger partial charge in [0.2, 0.25) is 33.3 Å². The fraction of sp³-hybridized carbons (Fsp3) is 0.728. The van der Waals surface area contributed by atoms with E-state index in [1.54, 1.807) is 31.2 Å². The van der Waals surface area contributed by atoms with E-state index in [9.17, 15) is 46.0 Å². The van der Waals surface area contributed by atoms with E-state index in [0.29, 0.717) is 78.0 Å². The third-order valence-corrected chi connectivity index (χ3v) is 55.0. The third-order valence-electron chi connectivity index (χ3n) is 28.3. The molecule has 5 aliphatic heterocycles. The number of halogens is 5. The first-order valence-electron chi connectivity index (χ1n) is 47.9.